The van der Waals surface area contributed by atoms with E-state index in [1.807, 2.05) is 39.0 Å². The smallest absolute Gasteiger partial charge is 0.274 e. The first kappa shape index (κ1) is 28.2. The fraction of sp³-hybridized carbons (Fsp3) is 0.375. The number of nitrogens with zero attached hydrogens (tertiary/aromatic N) is 2. The summed E-state index contributed by atoms with van der Waals surface area (Å²) < 4.78 is 9.78. The van der Waals surface area contributed by atoms with Crippen LogP contribution >= 0.6 is 0 Å². The van der Waals surface area contributed by atoms with Gasteiger partial charge in [0.25, 0.3) is 11.5 Å². The molecule has 0 aliphatic rings. The molecule has 0 unspecified atom stereocenters. The summed E-state index contributed by atoms with van der Waals surface area (Å²) in [4.78, 5) is 26.1. The highest BCUT2D eigenvalue weighted by Gasteiger charge is 2.24. The van der Waals surface area contributed by atoms with Crippen LogP contribution in [0.25, 0.3) is 22.0 Å². The molecular weight excluding hydrogens is 490 g/mol. The Bertz CT molecular complexity index is 1610. The zero-order valence-electron chi connectivity index (χ0n) is 24.4. The molecule has 0 bridgehead atoms. The standard InChI is InChI=1S/C32H39N3O4/c1-10-33-30(36)26-16-24-25(17-34(8)31(37)28(24)35(26)9)23-15-22(32(6,7)38)11-12-27(23)39-29-19(4)13-21(18(2)3)14-20(29)5/h11-18,38H,10H2,1-9H3,(H,33,36). The number of aliphatic hydroxyl groups is 1. The molecule has 0 radical (unpaired) electrons. The maximum Gasteiger partial charge on any atom is 0.274 e. The van der Waals surface area contributed by atoms with Crippen LogP contribution in [0.4, 0.5) is 0 Å². The topological polar surface area (TPSA) is 85.5 Å². The van der Waals surface area contributed by atoms with Crippen LogP contribution in [0.3, 0.4) is 0 Å². The largest absolute Gasteiger partial charge is 0.456 e. The molecule has 0 aliphatic heterocycles. The Balaban J connectivity index is 2.01. The van der Waals surface area contributed by atoms with Crippen molar-refractivity contribution in [1.82, 2.24) is 14.5 Å². The van der Waals surface area contributed by atoms with E-state index < -0.39 is 5.60 Å². The van der Waals surface area contributed by atoms with Crippen LogP contribution in [0.2, 0.25) is 0 Å². The van der Waals surface area contributed by atoms with E-state index in [0.29, 0.717) is 40.4 Å². The van der Waals surface area contributed by atoms with E-state index in [2.05, 4.69) is 31.3 Å². The molecule has 1 amide bonds. The Hall–Kier alpha value is -3.84. The summed E-state index contributed by atoms with van der Waals surface area (Å²) in [6.45, 7) is 14.2. The molecule has 0 saturated heterocycles. The van der Waals surface area contributed by atoms with Gasteiger partial charge in [0.2, 0.25) is 0 Å². The number of rotatable bonds is 7. The lowest BCUT2D eigenvalue weighted by molar-refractivity contribution is 0.0786. The fourth-order valence-electron chi connectivity index (χ4n) is 5.04. The molecule has 2 aromatic heterocycles. The van der Waals surface area contributed by atoms with E-state index in [9.17, 15) is 14.7 Å². The van der Waals surface area contributed by atoms with Crippen molar-refractivity contribution < 1.29 is 14.6 Å². The maximum absolute atomic E-state index is 13.2. The van der Waals surface area contributed by atoms with Crippen LogP contribution in [-0.4, -0.2) is 26.7 Å². The van der Waals surface area contributed by atoms with Gasteiger partial charge in [-0.25, -0.2) is 0 Å². The number of carbonyl (C=O) groups excluding carboxylic acids is 1. The molecule has 0 fully saturated rings. The Labute approximate surface area is 230 Å². The number of aromatic nitrogens is 2. The molecule has 0 spiro atoms. The van der Waals surface area contributed by atoms with Crippen molar-refractivity contribution >= 4 is 16.8 Å². The summed E-state index contributed by atoms with van der Waals surface area (Å²) in [5.41, 5.74) is 4.97. The molecule has 206 valence electrons. The van der Waals surface area contributed by atoms with Gasteiger partial charge in [0.15, 0.2) is 0 Å². The summed E-state index contributed by atoms with van der Waals surface area (Å²) in [5, 5.41) is 14.3. The lowest BCUT2D eigenvalue weighted by Crippen LogP contribution is -2.25. The first-order chi connectivity index (χ1) is 18.2. The van der Waals surface area contributed by atoms with Crippen LogP contribution in [0, 0.1) is 13.8 Å². The van der Waals surface area contributed by atoms with Crippen molar-refractivity contribution in [2.24, 2.45) is 14.1 Å². The average molecular weight is 530 g/mol. The van der Waals surface area contributed by atoms with E-state index in [1.54, 1.807) is 44.8 Å². The number of hydrogen-bond donors (Lipinski definition) is 2. The van der Waals surface area contributed by atoms with Crippen LogP contribution in [0.1, 0.15) is 73.3 Å². The van der Waals surface area contributed by atoms with Gasteiger partial charge in [0, 0.05) is 43.4 Å². The predicted molar refractivity (Wildman–Crippen MR) is 157 cm³/mol. The van der Waals surface area contributed by atoms with Gasteiger partial charge in [-0.2, -0.15) is 0 Å². The third-order valence-corrected chi connectivity index (χ3v) is 7.28. The highest BCUT2D eigenvalue weighted by atomic mass is 16.5. The molecule has 0 saturated carbocycles. The molecular formula is C32H39N3O4. The zero-order chi connectivity index (χ0) is 28.8. The van der Waals surface area contributed by atoms with Crippen molar-refractivity contribution in [3.05, 3.63) is 80.9 Å². The number of nitrogens with one attached hydrogen (secondary N) is 1. The van der Waals surface area contributed by atoms with Crippen molar-refractivity contribution in [2.75, 3.05) is 6.54 Å². The third-order valence-electron chi connectivity index (χ3n) is 7.28. The number of pyridine rings is 1. The van der Waals surface area contributed by atoms with E-state index in [1.165, 1.54) is 10.1 Å². The summed E-state index contributed by atoms with van der Waals surface area (Å²) >= 11 is 0. The van der Waals surface area contributed by atoms with Gasteiger partial charge in [0.1, 0.15) is 22.7 Å². The number of benzene rings is 2. The highest BCUT2D eigenvalue weighted by molar-refractivity contribution is 6.03. The average Bonchev–Trinajstić information content (AvgIpc) is 3.20. The second-order valence-corrected chi connectivity index (χ2v) is 11.2. The number of amides is 1. The summed E-state index contributed by atoms with van der Waals surface area (Å²) in [7, 11) is 3.43. The number of ether oxygens (including phenoxy) is 1. The lowest BCUT2D eigenvalue weighted by Gasteiger charge is -2.22. The molecule has 4 aromatic rings. The Morgan fingerprint density at radius 1 is 1.05 bits per heavy atom. The maximum atomic E-state index is 13.2. The van der Waals surface area contributed by atoms with Gasteiger partial charge in [-0.15, -0.1) is 0 Å². The minimum Gasteiger partial charge on any atom is -0.456 e. The van der Waals surface area contributed by atoms with Crippen LogP contribution in [0.15, 0.2) is 47.4 Å². The summed E-state index contributed by atoms with van der Waals surface area (Å²) in [5.74, 6) is 1.51. The van der Waals surface area contributed by atoms with E-state index >= 15 is 0 Å². The quantitative estimate of drug-likeness (QED) is 0.305. The Morgan fingerprint density at radius 2 is 1.69 bits per heavy atom. The molecule has 0 atom stereocenters. The summed E-state index contributed by atoms with van der Waals surface area (Å²) in [6.07, 6.45) is 1.77. The van der Waals surface area contributed by atoms with Crippen LogP contribution < -0.4 is 15.6 Å². The van der Waals surface area contributed by atoms with Crippen molar-refractivity contribution in [1.29, 1.82) is 0 Å². The number of aryl methyl sites for hydroxylation is 4. The molecule has 4 rings (SSSR count). The SMILES string of the molecule is CCNC(=O)c1cc2c(-c3cc(C(C)(C)O)ccc3Oc3c(C)cc(C(C)C)cc3C)cn(C)c(=O)c2n1C. The fourth-order valence-corrected chi connectivity index (χ4v) is 5.04. The van der Waals surface area contributed by atoms with Crippen molar-refractivity contribution in [3.63, 3.8) is 0 Å². The molecule has 7 nitrogen and oxygen atoms in total. The minimum absolute atomic E-state index is 0.205. The summed E-state index contributed by atoms with van der Waals surface area (Å²) in [6, 6.07) is 11.7. The van der Waals surface area contributed by atoms with Gasteiger partial charge in [-0.3, -0.25) is 9.59 Å². The lowest BCUT2D eigenvalue weighted by atomic mass is 9.93. The molecule has 2 heterocycles. The van der Waals surface area contributed by atoms with Gasteiger partial charge in [-0.1, -0.05) is 32.0 Å². The first-order valence-electron chi connectivity index (χ1n) is 13.4. The third kappa shape index (κ3) is 5.23. The molecule has 2 aromatic carbocycles. The van der Waals surface area contributed by atoms with Gasteiger partial charge >= 0.3 is 0 Å². The van der Waals surface area contributed by atoms with Gasteiger partial charge in [-0.05, 0) is 81.0 Å². The highest BCUT2D eigenvalue weighted by Crippen LogP contribution is 2.41. The second-order valence-electron chi connectivity index (χ2n) is 11.2. The van der Waals surface area contributed by atoms with E-state index in [4.69, 9.17) is 4.74 Å². The van der Waals surface area contributed by atoms with Crippen molar-refractivity contribution in [2.45, 2.75) is 60.0 Å². The van der Waals surface area contributed by atoms with E-state index in [-0.39, 0.29) is 11.5 Å². The Morgan fingerprint density at radius 3 is 2.26 bits per heavy atom. The number of carbonyl (C=O) groups is 1. The van der Waals surface area contributed by atoms with E-state index in [0.717, 1.165) is 28.0 Å². The van der Waals surface area contributed by atoms with Gasteiger partial charge < -0.3 is 24.3 Å². The van der Waals surface area contributed by atoms with Crippen LogP contribution in [-0.2, 0) is 19.7 Å². The molecule has 0 aliphatic carbocycles. The monoisotopic (exact) mass is 529 g/mol. The number of fused-ring (bicyclic) bond motifs is 1. The predicted octanol–water partition coefficient (Wildman–Crippen LogP) is 6.05. The number of hydrogen-bond acceptors (Lipinski definition) is 4. The van der Waals surface area contributed by atoms with Gasteiger partial charge in [0.05, 0.1) is 5.60 Å². The molecule has 39 heavy (non-hydrogen) atoms. The first-order valence-corrected chi connectivity index (χ1v) is 13.4. The normalized spacial score (nSPS) is 11.9. The zero-order valence-corrected chi connectivity index (χ0v) is 24.4. The van der Waals surface area contributed by atoms with Crippen molar-refractivity contribution in [3.8, 4) is 22.6 Å². The molecule has 2 N–H and O–H groups in total. The van der Waals surface area contributed by atoms with Crippen LogP contribution in [0.5, 0.6) is 11.5 Å². The minimum atomic E-state index is -1.10. The molecule has 7 heteroatoms. The Kier molecular flexibility index (Phi) is 7.50. The second kappa shape index (κ2) is 10.4.